The Kier molecular flexibility index (Phi) is 5.48. The Bertz CT molecular complexity index is 461. The van der Waals surface area contributed by atoms with Crippen molar-refractivity contribution in [2.75, 3.05) is 30.8 Å². The number of carbonyl (C=O) groups excluding carboxylic acids is 1. The minimum absolute atomic E-state index is 0.412. The summed E-state index contributed by atoms with van der Waals surface area (Å²) in [6.45, 7) is 7.82. The van der Waals surface area contributed by atoms with Crippen molar-refractivity contribution in [3.63, 3.8) is 0 Å². The van der Waals surface area contributed by atoms with Gasteiger partial charge >= 0.3 is 5.97 Å². The summed E-state index contributed by atoms with van der Waals surface area (Å²) in [5.74, 6) is 0.0328. The van der Waals surface area contributed by atoms with Crippen molar-refractivity contribution in [3.8, 4) is 0 Å². The van der Waals surface area contributed by atoms with Crippen LogP contribution < -0.4 is 10.6 Å². The van der Waals surface area contributed by atoms with Crippen molar-refractivity contribution >= 4 is 28.9 Å². The van der Waals surface area contributed by atoms with E-state index in [1.165, 1.54) is 7.11 Å². The van der Waals surface area contributed by atoms with E-state index in [2.05, 4.69) is 18.7 Å². The molecule has 0 aliphatic carbocycles. The van der Waals surface area contributed by atoms with E-state index in [0.29, 0.717) is 27.9 Å². The number of carbonyl (C=O) groups is 1. The average Bonchev–Trinajstić information content (AvgIpc) is 2.34. The number of nitrogen functional groups attached to an aromatic ring is 1. The van der Waals surface area contributed by atoms with Crippen molar-refractivity contribution in [2.45, 2.75) is 20.8 Å². The predicted molar refractivity (Wildman–Crippen MR) is 79.9 cm³/mol. The summed E-state index contributed by atoms with van der Waals surface area (Å²) >= 11 is 6.26. The van der Waals surface area contributed by atoms with Crippen molar-refractivity contribution < 1.29 is 9.53 Å². The smallest absolute Gasteiger partial charge is 0.340 e. The molecule has 1 aromatic rings. The number of rotatable bonds is 5. The standard InChI is InChI=1S/C14H21ClN2O2/c1-5-17(8-9(2)3)13-11(14(18)19-4)6-10(16)7-12(13)15/h6-7,9H,5,8,16H2,1-4H3. The van der Waals surface area contributed by atoms with Gasteiger partial charge in [0.25, 0.3) is 0 Å². The summed E-state index contributed by atoms with van der Waals surface area (Å²) in [5, 5.41) is 0.475. The molecular formula is C14H21ClN2O2. The van der Waals surface area contributed by atoms with E-state index in [0.717, 1.165) is 13.1 Å². The molecule has 0 radical (unpaired) electrons. The molecule has 1 aromatic carbocycles. The largest absolute Gasteiger partial charge is 0.465 e. The number of nitrogens with zero attached hydrogens (tertiary/aromatic N) is 1. The Balaban J connectivity index is 3.33. The minimum atomic E-state index is -0.425. The van der Waals surface area contributed by atoms with Crippen molar-refractivity contribution in [3.05, 3.63) is 22.7 Å². The van der Waals surface area contributed by atoms with Crippen LogP contribution in [0.2, 0.25) is 5.02 Å². The Morgan fingerprint density at radius 2 is 2.11 bits per heavy atom. The molecule has 0 atom stereocenters. The molecule has 0 unspecified atom stereocenters. The van der Waals surface area contributed by atoms with Crippen LogP contribution in [0.4, 0.5) is 11.4 Å². The summed E-state index contributed by atoms with van der Waals surface area (Å²) in [6, 6.07) is 3.27. The lowest BCUT2D eigenvalue weighted by Crippen LogP contribution is -2.29. The summed E-state index contributed by atoms with van der Waals surface area (Å²) in [7, 11) is 1.35. The lowest BCUT2D eigenvalue weighted by Gasteiger charge is -2.28. The number of methoxy groups -OCH3 is 1. The second-order valence-corrected chi connectivity index (χ2v) is 5.23. The molecule has 2 N–H and O–H groups in total. The number of ether oxygens (including phenoxy) is 1. The Hall–Kier alpha value is -1.42. The van der Waals surface area contributed by atoms with Crippen LogP contribution in [-0.2, 0) is 4.74 Å². The van der Waals surface area contributed by atoms with Gasteiger partial charge in [0, 0.05) is 18.8 Å². The molecule has 0 saturated heterocycles. The SMILES string of the molecule is CCN(CC(C)C)c1c(Cl)cc(N)cc1C(=O)OC. The summed E-state index contributed by atoms with van der Waals surface area (Å²) in [6.07, 6.45) is 0. The van der Waals surface area contributed by atoms with Crippen LogP contribution in [0, 0.1) is 5.92 Å². The molecule has 0 fully saturated rings. The minimum Gasteiger partial charge on any atom is -0.465 e. The second kappa shape index (κ2) is 6.66. The first-order chi connectivity index (χ1) is 8.90. The molecule has 0 amide bonds. The monoisotopic (exact) mass is 284 g/mol. The summed E-state index contributed by atoms with van der Waals surface area (Å²) in [4.78, 5) is 13.9. The van der Waals surface area contributed by atoms with Crippen molar-refractivity contribution in [1.82, 2.24) is 0 Å². The van der Waals surface area contributed by atoms with Gasteiger partial charge in [0.05, 0.1) is 23.4 Å². The molecule has 0 aliphatic rings. The highest BCUT2D eigenvalue weighted by Crippen LogP contribution is 2.33. The summed E-state index contributed by atoms with van der Waals surface area (Å²) in [5.41, 5.74) is 7.31. The maximum atomic E-state index is 11.9. The van der Waals surface area contributed by atoms with Gasteiger partial charge in [-0.1, -0.05) is 25.4 Å². The predicted octanol–water partition coefficient (Wildman–Crippen LogP) is 3.19. The molecule has 0 bridgehead atoms. The molecule has 5 heteroatoms. The Morgan fingerprint density at radius 1 is 1.47 bits per heavy atom. The fraction of sp³-hybridized carbons (Fsp3) is 0.500. The van der Waals surface area contributed by atoms with E-state index in [-0.39, 0.29) is 0 Å². The Labute approximate surface area is 119 Å². The third-order valence-corrected chi connectivity index (χ3v) is 3.06. The van der Waals surface area contributed by atoms with E-state index in [4.69, 9.17) is 22.1 Å². The van der Waals surface area contributed by atoms with Crippen LogP contribution in [0.25, 0.3) is 0 Å². The number of anilines is 2. The van der Waals surface area contributed by atoms with E-state index >= 15 is 0 Å². The van der Waals surface area contributed by atoms with Gasteiger partial charge in [-0.2, -0.15) is 0 Å². The number of nitrogens with two attached hydrogens (primary N) is 1. The van der Waals surface area contributed by atoms with Gasteiger partial charge in [-0.05, 0) is 25.0 Å². The fourth-order valence-electron chi connectivity index (χ4n) is 2.03. The molecule has 106 valence electrons. The van der Waals surface area contributed by atoms with Crippen LogP contribution in [0.5, 0.6) is 0 Å². The number of hydrogen-bond donors (Lipinski definition) is 1. The topological polar surface area (TPSA) is 55.6 Å². The van der Waals surface area contributed by atoms with Crippen LogP contribution in [0.1, 0.15) is 31.1 Å². The number of benzene rings is 1. The highest BCUT2D eigenvalue weighted by molar-refractivity contribution is 6.34. The molecule has 19 heavy (non-hydrogen) atoms. The lowest BCUT2D eigenvalue weighted by molar-refractivity contribution is 0.0601. The highest BCUT2D eigenvalue weighted by atomic mass is 35.5. The number of hydrogen-bond acceptors (Lipinski definition) is 4. The lowest BCUT2D eigenvalue weighted by atomic mass is 10.1. The quantitative estimate of drug-likeness (QED) is 0.666. The molecule has 0 aromatic heterocycles. The first-order valence-corrected chi connectivity index (χ1v) is 6.70. The third kappa shape index (κ3) is 3.77. The van der Waals surface area contributed by atoms with Gasteiger partial charge in [-0.3, -0.25) is 0 Å². The first kappa shape index (κ1) is 15.6. The van der Waals surface area contributed by atoms with Gasteiger partial charge in [-0.15, -0.1) is 0 Å². The van der Waals surface area contributed by atoms with Gasteiger partial charge < -0.3 is 15.4 Å². The zero-order valence-corrected chi connectivity index (χ0v) is 12.6. The molecule has 0 heterocycles. The number of esters is 1. The molecule has 4 nitrogen and oxygen atoms in total. The highest BCUT2D eigenvalue weighted by Gasteiger charge is 2.21. The maximum absolute atomic E-state index is 11.9. The number of halogens is 1. The zero-order valence-electron chi connectivity index (χ0n) is 11.9. The van der Waals surface area contributed by atoms with Crippen LogP contribution in [0.3, 0.4) is 0 Å². The molecule has 1 rings (SSSR count). The molecule has 0 spiro atoms. The molecule has 0 saturated carbocycles. The average molecular weight is 285 g/mol. The van der Waals surface area contributed by atoms with Crippen molar-refractivity contribution in [1.29, 1.82) is 0 Å². The first-order valence-electron chi connectivity index (χ1n) is 6.32. The Morgan fingerprint density at radius 3 is 2.58 bits per heavy atom. The second-order valence-electron chi connectivity index (χ2n) is 4.82. The van der Waals surface area contributed by atoms with E-state index in [1.54, 1.807) is 12.1 Å². The van der Waals surface area contributed by atoms with Gasteiger partial charge in [-0.25, -0.2) is 4.79 Å². The summed E-state index contributed by atoms with van der Waals surface area (Å²) < 4.78 is 4.81. The fourth-order valence-corrected chi connectivity index (χ4v) is 2.37. The van der Waals surface area contributed by atoms with E-state index in [9.17, 15) is 4.79 Å². The van der Waals surface area contributed by atoms with E-state index < -0.39 is 5.97 Å². The van der Waals surface area contributed by atoms with Crippen molar-refractivity contribution in [2.24, 2.45) is 5.92 Å². The van der Waals surface area contributed by atoms with Gasteiger partial charge in [0.2, 0.25) is 0 Å². The maximum Gasteiger partial charge on any atom is 0.340 e. The van der Waals surface area contributed by atoms with Crippen LogP contribution >= 0.6 is 11.6 Å². The van der Waals surface area contributed by atoms with Crippen LogP contribution in [0.15, 0.2) is 12.1 Å². The molecule has 0 aliphatic heterocycles. The normalized spacial score (nSPS) is 10.6. The van der Waals surface area contributed by atoms with Gasteiger partial charge in [0.1, 0.15) is 0 Å². The molecular weight excluding hydrogens is 264 g/mol. The van der Waals surface area contributed by atoms with Crippen LogP contribution in [-0.4, -0.2) is 26.2 Å². The zero-order chi connectivity index (χ0) is 14.6. The third-order valence-electron chi connectivity index (χ3n) is 2.77. The van der Waals surface area contributed by atoms with E-state index in [1.807, 2.05) is 6.92 Å². The van der Waals surface area contributed by atoms with Gasteiger partial charge in [0.15, 0.2) is 0 Å².